The Morgan fingerprint density at radius 1 is 1.19 bits per heavy atom. The second-order valence-electron chi connectivity index (χ2n) is 6.22. The van der Waals surface area contributed by atoms with Crippen LogP contribution >= 0.6 is 0 Å². The van der Waals surface area contributed by atoms with Crippen molar-refractivity contribution in [1.82, 2.24) is 14.8 Å². The summed E-state index contributed by atoms with van der Waals surface area (Å²) in [6.07, 6.45) is 10.0. The molecule has 114 valence electrons. The highest BCUT2D eigenvalue weighted by Crippen LogP contribution is 2.21. The zero-order valence-corrected chi connectivity index (χ0v) is 12.7. The molecule has 4 nitrogen and oxygen atoms in total. The largest absolute Gasteiger partial charge is 0.343 e. The van der Waals surface area contributed by atoms with Crippen LogP contribution in [0, 0.1) is 0 Å². The van der Waals surface area contributed by atoms with Crippen LogP contribution in [0.1, 0.15) is 37.7 Å². The van der Waals surface area contributed by atoms with Crippen molar-refractivity contribution in [1.29, 1.82) is 0 Å². The Hall–Kier alpha value is -1.42. The zero-order chi connectivity index (χ0) is 14.5. The third-order valence-electron chi connectivity index (χ3n) is 4.82. The van der Waals surface area contributed by atoms with Gasteiger partial charge in [0.1, 0.15) is 0 Å². The van der Waals surface area contributed by atoms with Gasteiger partial charge in [-0.1, -0.05) is 6.07 Å². The summed E-state index contributed by atoms with van der Waals surface area (Å²) < 4.78 is 0. The molecule has 0 spiro atoms. The van der Waals surface area contributed by atoms with Crippen molar-refractivity contribution in [3.8, 4) is 0 Å². The van der Waals surface area contributed by atoms with Crippen LogP contribution in [-0.2, 0) is 11.2 Å². The maximum Gasteiger partial charge on any atom is 0.222 e. The summed E-state index contributed by atoms with van der Waals surface area (Å²) in [5.41, 5.74) is 1.15. The van der Waals surface area contributed by atoms with Gasteiger partial charge in [0.25, 0.3) is 0 Å². The van der Waals surface area contributed by atoms with Gasteiger partial charge in [0, 0.05) is 37.9 Å². The van der Waals surface area contributed by atoms with Gasteiger partial charge in [-0.25, -0.2) is 0 Å². The quantitative estimate of drug-likeness (QED) is 0.851. The maximum atomic E-state index is 12.3. The van der Waals surface area contributed by atoms with Crippen LogP contribution in [0.4, 0.5) is 0 Å². The fourth-order valence-electron chi connectivity index (χ4n) is 3.54. The molecule has 3 rings (SSSR count). The molecule has 0 aliphatic carbocycles. The predicted molar refractivity (Wildman–Crippen MR) is 83.0 cm³/mol. The number of aromatic nitrogens is 1. The molecule has 0 N–H and O–H groups in total. The molecule has 0 atom stereocenters. The normalized spacial score (nSPS) is 20.9. The van der Waals surface area contributed by atoms with Crippen molar-refractivity contribution in [2.24, 2.45) is 0 Å². The van der Waals surface area contributed by atoms with Gasteiger partial charge < -0.3 is 9.80 Å². The van der Waals surface area contributed by atoms with E-state index in [4.69, 9.17) is 0 Å². The van der Waals surface area contributed by atoms with Crippen LogP contribution < -0.4 is 0 Å². The van der Waals surface area contributed by atoms with Crippen LogP contribution in [0.5, 0.6) is 0 Å². The second-order valence-corrected chi connectivity index (χ2v) is 6.22. The summed E-state index contributed by atoms with van der Waals surface area (Å²) in [6, 6.07) is 4.69. The summed E-state index contributed by atoms with van der Waals surface area (Å²) in [7, 11) is 0. The number of aryl methyl sites for hydroxylation is 1. The highest BCUT2D eigenvalue weighted by atomic mass is 16.2. The maximum absolute atomic E-state index is 12.3. The van der Waals surface area contributed by atoms with E-state index in [0.717, 1.165) is 44.0 Å². The van der Waals surface area contributed by atoms with Crippen LogP contribution in [0.15, 0.2) is 24.5 Å². The first kappa shape index (κ1) is 14.5. The number of carbonyl (C=O) groups is 1. The number of hydrogen-bond acceptors (Lipinski definition) is 3. The fourth-order valence-corrected chi connectivity index (χ4v) is 3.54. The van der Waals surface area contributed by atoms with Crippen molar-refractivity contribution < 1.29 is 4.79 Å². The van der Waals surface area contributed by atoms with Gasteiger partial charge in [-0.15, -0.1) is 0 Å². The molecule has 2 saturated heterocycles. The first-order valence-electron chi connectivity index (χ1n) is 8.23. The molecule has 3 heterocycles. The van der Waals surface area contributed by atoms with Crippen molar-refractivity contribution >= 4 is 5.91 Å². The molecule has 0 unspecified atom stereocenters. The minimum Gasteiger partial charge on any atom is -0.343 e. The molecule has 1 aromatic heterocycles. The molecule has 2 aliphatic heterocycles. The molecule has 0 radical (unpaired) electrons. The summed E-state index contributed by atoms with van der Waals surface area (Å²) in [5, 5.41) is 0. The first-order chi connectivity index (χ1) is 10.3. The number of piperidine rings is 1. The molecule has 21 heavy (non-hydrogen) atoms. The molecule has 0 aromatic carbocycles. The van der Waals surface area contributed by atoms with Gasteiger partial charge in [0.15, 0.2) is 0 Å². The Bertz CT molecular complexity index is 448. The predicted octanol–water partition coefficient (Wildman–Crippen LogP) is 2.10. The molecular formula is C17H25N3O. The summed E-state index contributed by atoms with van der Waals surface area (Å²) in [6.45, 7) is 4.40. The highest BCUT2D eigenvalue weighted by Gasteiger charge is 2.27. The first-order valence-corrected chi connectivity index (χ1v) is 8.23. The van der Waals surface area contributed by atoms with Crippen LogP contribution in [0.25, 0.3) is 0 Å². The Kier molecular flexibility index (Phi) is 4.86. The average Bonchev–Trinajstić information content (AvgIpc) is 3.08. The molecule has 1 aromatic rings. The van der Waals surface area contributed by atoms with Crippen LogP contribution in [0.3, 0.4) is 0 Å². The van der Waals surface area contributed by atoms with Gasteiger partial charge in [-0.3, -0.25) is 9.78 Å². The number of nitrogens with zero attached hydrogens (tertiary/aromatic N) is 3. The Labute approximate surface area is 127 Å². The molecule has 0 saturated carbocycles. The zero-order valence-electron chi connectivity index (χ0n) is 12.7. The molecular weight excluding hydrogens is 262 g/mol. The fraction of sp³-hybridized carbons (Fsp3) is 0.647. The van der Waals surface area contributed by atoms with Gasteiger partial charge in [-0.05, 0) is 56.8 Å². The minimum atomic E-state index is 0.304. The Morgan fingerprint density at radius 2 is 1.95 bits per heavy atom. The van der Waals surface area contributed by atoms with Gasteiger partial charge in [-0.2, -0.15) is 0 Å². The van der Waals surface area contributed by atoms with E-state index >= 15 is 0 Å². The molecule has 2 aliphatic rings. The van der Waals surface area contributed by atoms with Crippen molar-refractivity contribution in [3.05, 3.63) is 30.1 Å². The van der Waals surface area contributed by atoms with Crippen molar-refractivity contribution in [3.63, 3.8) is 0 Å². The monoisotopic (exact) mass is 287 g/mol. The lowest BCUT2D eigenvalue weighted by atomic mass is 10.0. The van der Waals surface area contributed by atoms with E-state index in [9.17, 15) is 4.79 Å². The lowest BCUT2D eigenvalue weighted by Crippen LogP contribution is -2.45. The smallest absolute Gasteiger partial charge is 0.222 e. The van der Waals surface area contributed by atoms with Gasteiger partial charge >= 0.3 is 0 Å². The summed E-state index contributed by atoms with van der Waals surface area (Å²) in [4.78, 5) is 21.1. The molecule has 2 fully saturated rings. The van der Waals surface area contributed by atoms with Crippen molar-refractivity contribution in [2.75, 3.05) is 26.2 Å². The summed E-state index contributed by atoms with van der Waals surface area (Å²) in [5.74, 6) is 0.304. The lowest BCUT2D eigenvalue weighted by Gasteiger charge is -2.36. The molecule has 1 amide bonds. The molecule has 0 bridgehead atoms. The number of carbonyl (C=O) groups excluding carboxylic acids is 1. The summed E-state index contributed by atoms with van der Waals surface area (Å²) >= 11 is 0. The lowest BCUT2D eigenvalue weighted by molar-refractivity contribution is -0.132. The second kappa shape index (κ2) is 7.03. The van der Waals surface area contributed by atoms with Crippen LogP contribution in [-0.4, -0.2) is 52.9 Å². The SMILES string of the molecule is O=C(CCc1cccnc1)N1CCC(N2CCCC2)CC1. The number of hydrogen-bond donors (Lipinski definition) is 0. The molecule has 4 heteroatoms. The van der Waals surface area contributed by atoms with E-state index in [1.807, 2.05) is 18.3 Å². The van der Waals surface area contributed by atoms with E-state index in [1.165, 1.54) is 25.9 Å². The van der Waals surface area contributed by atoms with Crippen LogP contribution in [0.2, 0.25) is 0 Å². The number of likely N-dealkylation sites (tertiary alicyclic amines) is 2. The number of rotatable bonds is 4. The Morgan fingerprint density at radius 3 is 2.62 bits per heavy atom. The van der Waals surface area contributed by atoms with Gasteiger partial charge in [0.2, 0.25) is 5.91 Å². The third kappa shape index (κ3) is 3.82. The van der Waals surface area contributed by atoms with Crippen molar-refractivity contribution in [2.45, 2.75) is 44.6 Å². The minimum absolute atomic E-state index is 0.304. The van der Waals surface area contributed by atoms with E-state index in [1.54, 1.807) is 6.20 Å². The average molecular weight is 287 g/mol. The number of amides is 1. The highest BCUT2D eigenvalue weighted by molar-refractivity contribution is 5.76. The third-order valence-corrected chi connectivity index (χ3v) is 4.82. The van der Waals surface area contributed by atoms with E-state index < -0.39 is 0 Å². The van der Waals surface area contributed by atoms with E-state index in [2.05, 4.69) is 14.8 Å². The number of pyridine rings is 1. The van der Waals surface area contributed by atoms with E-state index in [0.29, 0.717) is 12.3 Å². The standard InChI is InChI=1S/C17H25N3O/c21-17(6-5-15-4-3-9-18-14-15)20-12-7-16(8-13-20)19-10-1-2-11-19/h3-4,9,14,16H,1-2,5-8,10-13H2. The van der Waals surface area contributed by atoms with E-state index in [-0.39, 0.29) is 0 Å². The topological polar surface area (TPSA) is 36.4 Å². The van der Waals surface area contributed by atoms with Gasteiger partial charge in [0.05, 0.1) is 0 Å². The Balaban J connectivity index is 1.42.